The van der Waals surface area contributed by atoms with Crippen molar-refractivity contribution in [3.8, 4) is 11.5 Å². The molecule has 1 aliphatic rings. The molecule has 6 nitrogen and oxygen atoms in total. The summed E-state index contributed by atoms with van der Waals surface area (Å²) in [7, 11) is 3.01. The van der Waals surface area contributed by atoms with Gasteiger partial charge in [0.05, 0.1) is 17.3 Å². The number of likely N-dealkylation sites (N-methyl/N-ethyl adjacent to an activating group) is 1. The number of imide groups is 1. The monoisotopic (exact) mass is 402 g/mol. The van der Waals surface area contributed by atoms with Gasteiger partial charge in [0.15, 0.2) is 11.5 Å². The Labute approximate surface area is 136 Å². The lowest BCUT2D eigenvalue weighted by molar-refractivity contribution is -0.121. The van der Waals surface area contributed by atoms with E-state index in [9.17, 15) is 9.59 Å². The topological polar surface area (TPSA) is 67.9 Å². The van der Waals surface area contributed by atoms with Gasteiger partial charge in [-0.3, -0.25) is 9.69 Å². The quantitative estimate of drug-likeness (QED) is 0.477. The fourth-order valence-electron chi connectivity index (χ4n) is 1.92. The molecule has 1 aromatic rings. The first-order chi connectivity index (χ1) is 9.97. The number of ether oxygens (including phenoxy) is 2. The summed E-state index contributed by atoms with van der Waals surface area (Å²) in [5, 5.41) is 2.53. The van der Waals surface area contributed by atoms with Gasteiger partial charge in [-0.15, -0.1) is 0 Å². The molecule has 0 atom stereocenters. The van der Waals surface area contributed by atoms with E-state index < -0.39 is 6.03 Å². The van der Waals surface area contributed by atoms with Crippen molar-refractivity contribution in [3.05, 3.63) is 27.0 Å². The minimum absolute atomic E-state index is 0.242. The van der Waals surface area contributed by atoms with Crippen molar-refractivity contribution in [2.24, 2.45) is 0 Å². The molecule has 1 fully saturated rings. The van der Waals surface area contributed by atoms with Crippen molar-refractivity contribution >= 4 is 40.6 Å². The molecule has 1 aromatic carbocycles. The van der Waals surface area contributed by atoms with Crippen molar-refractivity contribution in [3.63, 3.8) is 0 Å². The number of carbonyl (C=O) groups is 2. The molecule has 21 heavy (non-hydrogen) atoms. The van der Waals surface area contributed by atoms with Crippen LogP contribution in [0.3, 0.4) is 0 Å². The molecule has 0 radical (unpaired) electrons. The van der Waals surface area contributed by atoms with Gasteiger partial charge in [-0.05, 0) is 53.3 Å². The van der Waals surface area contributed by atoms with Crippen LogP contribution in [0.15, 0.2) is 17.8 Å². The molecule has 0 aliphatic carbocycles. The van der Waals surface area contributed by atoms with E-state index in [2.05, 4.69) is 27.9 Å². The maximum atomic E-state index is 11.9. The molecule has 0 spiro atoms. The molecule has 1 aliphatic heterocycles. The molecule has 1 N–H and O–H groups in total. The smallest absolute Gasteiger partial charge is 0.328 e. The predicted molar refractivity (Wildman–Crippen MR) is 86.2 cm³/mol. The number of rotatable bonds is 4. The van der Waals surface area contributed by atoms with Crippen LogP contribution in [0.5, 0.6) is 11.5 Å². The summed E-state index contributed by atoms with van der Waals surface area (Å²) in [4.78, 5) is 24.3. The Morgan fingerprint density at radius 1 is 1.38 bits per heavy atom. The van der Waals surface area contributed by atoms with Crippen molar-refractivity contribution in [2.45, 2.75) is 6.92 Å². The second kappa shape index (κ2) is 6.33. The van der Waals surface area contributed by atoms with Gasteiger partial charge in [0, 0.05) is 7.05 Å². The van der Waals surface area contributed by atoms with Gasteiger partial charge < -0.3 is 14.8 Å². The molecule has 0 aromatic heterocycles. The summed E-state index contributed by atoms with van der Waals surface area (Å²) < 4.78 is 11.7. The number of amides is 3. The van der Waals surface area contributed by atoms with E-state index >= 15 is 0 Å². The minimum atomic E-state index is -0.431. The summed E-state index contributed by atoms with van der Waals surface area (Å²) >= 11 is 2.13. The number of hydrogen-bond donors (Lipinski definition) is 1. The Morgan fingerprint density at radius 3 is 2.62 bits per heavy atom. The number of nitrogens with zero attached hydrogens (tertiary/aromatic N) is 1. The van der Waals surface area contributed by atoms with Crippen LogP contribution in [0.25, 0.3) is 6.08 Å². The van der Waals surface area contributed by atoms with Gasteiger partial charge >= 0.3 is 6.03 Å². The standard InChI is InChI=1S/C14H15IN2O4/c1-4-21-11-7-8(5-9(15)12(11)20-3)6-10-13(18)17(2)14(19)16-10/h5-7H,4H2,1-3H3,(H,16,19)/b10-6+. The molecule has 2 rings (SSSR count). The molecule has 0 unspecified atom stereocenters. The van der Waals surface area contributed by atoms with Crippen LogP contribution in [-0.4, -0.2) is 37.6 Å². The van der Waals surface area contributed by atoms with Crippen LogP contribution in [0.4, 0.5) is 4.79 Å². The van der Waals surface area contributed by atoms with E-state index in [1.54, 1.807) is 19.3 Å². The number of carbonyl (C=O) groups excluding carboxylic acids is 2. The lowest BCUT2D eigenvalue weighted by Gasteiger charge is -2.12. The second-order valence-corrected chi connectivity index (χ2v) is 5.48. The van der Waals surface area contributed by atoms with Crippen LogP contribution in [0.1, 0.15) is 12.5 Å². The van der Waals surface area contributed by atoms with Gasteiger partial charge in [-0.25, -0.2) is 4.79 Å². The molecule has 3 amide bonds. The van der Waals surface area contributed by atoms with Gasteiger partial charge in [-0.1, -0.05) is 0 Å². The lowest BCUT2D eigenvalue weighted by atomic mass is 10.1. The van der Waals surface area contributed by atoms with Crippen LogP contribution >= 0.6 is 22.6 Å². The predicted octanol–water partition coefficient (Wildman–Crippen LogP) is 2.22. The normalized spacial score (nSPS) is 16.4. The van der Waals surface area contributed by atoms with E-state index in [1.165, 1.54) is 7.05 Å². The highest BCUT2D eigenvalue weighted by Crippen LogP contribution is 2.34. The molecule has 112 valence electrons. The maximum absolute atomic E-state index is 11.9. The Bertz CT molecular complexity index is 628. The summed E-state index contributed by atoms with van der Waals surface area (Å²) in [6, 6.07) is 3.20. The number of benzene rings is 1. The fourth-order valence-corrected chi connectivity index (χ4v) is 2.77. The highest BCUT2D eigenvalue weighted by molar-refractivity contribution is 14.1. The van der Waals surface area contributed by atoms with Crippen molar-refractivity contribution in [2.75, 3.05) is 20.8 Å². The van der Waals surface area contributed by atoms with Crippen LogP contribution in [0, 0.1) is 3.57 Å². The van der Waals surface area contributed by atoms with Crippen LogP contribution in [0.2, 0.25) is 0 Å². The summed E-state index contributed by atoms with van der Waals surface area (Å²) in [5.41, 5.74) is 0.994. The number of methoxy groups -OCH3 is 1. The summed E-state index contributed by atoms with van der Waals surface area (Å²) in [5.74, 6) is 0.895. The highest BCUT2D eigenvalue weighted by atomic mass is 127. The Hall–Kier alpha value is -1.77. The largest absolute Gasteiger partial charge is 0.492 e. The third-order valence-electron chi connectivity index (χ3n) is 2.93. The number of urea groups is 1. The highest BCUT2D eigenvalue weighted by Gasteiger charge is 2.30. The van der Waals surface area contributed by atoms with Gasteiger partial charge in [0.1, 0.15) is 5.70 Å². The molecular formula is C14H15IN2O4. The molecule has 1 heterocycles. The molecule has 1 saturated heterocycles. The Kier molecular flexibility index (Phi) is 4.71. The summed E-state index contributed by atoms with van der Waals surface area (Å²) in [6.45, 7) is 2.39. The Balaban J connectivity index is 2.41. The van der Waals surface area contributed by atoms with Crippen molar-refractivity contribution in [1.29, 1.82) is 0 Å². The molecule has 7 heteroatoms. The minimum Gasteiger partial charge on any atom is -0.492 e. The fraction of sp³-hybridized carbons (Fsp3) is 0.286. The average Bonchev–Trinajstić information content (AvgIpc) is 2.67. The number of halogens is 1. The van der Waals surface area contributed by atoms with E-state index in [0.29, 0.717) is 18.1 Å². The number of hydrogen-bond acceptors (Lipinski definition) is 4. The van der Waals surface area contributed by atoms with Gasteiger partial charge in [0.2, 0.25) is 0 Å². The van der Waals surface area contributed by atoms with Gasteiger partial charge in [0.25, 0.3) is 5.91 Å². The zero-order valence-electron chi connectivity index (χ0n) is 11.9. The first kappa shape index (κ1) is 15.6. The lowest BCUT2D eigenvalue weighted by Crippen LogP contribution is -2.25. The average molecular weight is 402 g/mol. The molecular weight excluding hydrogens is 387 g/mol. The van der Waals surface area contributed by atoms with E-state index in [-0.39, 0.29) is 11.6 Å². The number of nitrogens with one attached hydrogen (secondary N) is 1. The second-order valence-electron chi connectivity index (χ2n) is 4.32. The third-order valence-corrected chi connectivity index (χ3v) is 3.73. The van der Waals surface area contributed by atoms with Crippen molar-refractivity contribution < 1.29 is 19.1 Å². The molecule has 0 bridgehead atoms. The van der Waals surface area contributed by atoms with Gasteiger partial charge in [-0.2, -0.15) is 0 Å². The Morgan fingerprint density at radius 2 is 2.10 bits per heavy atom. The first-order valence-electron chi connectivity index (χ1n) is 6.29. The van der Waals surface area contributed by atoms with Crippen LogP contribution < -0.4 is 14.8 Å². The molecule has 0 saturated carbocycles. The van der Waals surface area contributed by atoms with Crippen molar-refractivity contribution in [1.82, 2.24) is 10.2 Å². The summed E-state index contributed by atoms with van der Waals surface area (Å²) in [6.07, 6.45) is 1.62. The van der Waals surface area contributed by atoms with E-state index in [4.69, 9.17) is 9.47 Å². The zero-order valence-corrected chi connectivity index (χ0v) is 14.1. The van der Waals surface area contributed by atoms with E-state index in [1.807, 2.05) is 13.0 Å². The first-order valence-corrected chi connectivity index (χ1v) is 7.36. The maximum Gasteiger partial charge on any atom is 0.328 e. The van der Waals surface area contributed by atoms with Crippen LogP contribution in [-0.2, 0) is 4.79 Å². The SMILES string of the molecule is CCOc1cc(/C=C2/NC(=O)N(C)C2=O)cc(I)c1OC. The zero-order chi connectivity index (χ0) is 15.6. The third kappa shape index (κ3) is 3.12. The van der Waals surface area contributed by atoms with E-state index in [0.717, 1.165) is 14.0 Å².